The highest BCUT2D eigenvalue weighted by molar-refractivity contribution is 5.77. The summed E-state index contributed by atoms with van der Waals surface area (Å²) in [5.74, 6) is 0.434. The van der Waals surface area contributed by atoms with Gasteiger partial charge < -0.3 is 14.9 Å². The minimum absolute atomic E-state index is 0.0942. The van der Waals surface area contributed by atoms with E-state index in [1.54, 1.807) is 19.1 Å². The van der Waals surface area contributed by atoms with Crippen molar-refractivity contribution in [2.24, 2.45) is 0 Å². The van der Waals surface area contributed by atoms with Gasteiger partial charge in [0.05, 0.1) is 0 Å². The van der Waals surface area contributed by atoms with Gasteiger partial charge >= 0.3 is 5.97 Å². The first-order chi connectivity index (χ1) is 12.3. The van der Waals surface area contributed by atoms with E-state index < -0.39 is 0 Å². The fraction of sp³-hybridized carbons (Fsp3) is 0.435. The number of hydrogen-bond donors (Lipinski definition) is 2. The number of benzene rings is 2. The average molecular weight is 370 g/mol. The fourth-order valence-corrected chi connectivity index (χ4v) is 2.95. The van der Waals surface area contributed by atoms with E-state index in [4.69, 9.17) is 4.74 Å². The SMILES string of the molecule is CCC(=O)Oc1ccc(O)c(-c2cc(C(C)(C)C)c(O)c(C(C)(C)C)c2)c1. The normalized spacial score (nSPS) is 12.1. The van der Waals surface area contributed by atoms with E-state index in [-0.39, 0.29) is 34.7 Å². The maximum Gasteiger partial charge on any atom is 0.310 e. The first-order valence-electron chi connectivity index (χ1n) is 9.26. The highest BCUT2D eigenvalue weighted by Gasteiger charge is 2.27. The predicted molar refractivity (Wildman–Crippen MR) is 109 cm³/mol. The molecule has 0 bridgehead atoms. The van der Waals surface area contributed by atoms with E-state index in [0.29, 0.717) is 11.3 Å². The van der Waals surface area contributed by atoms with Gasteiger partial charge in [0.15, 0.2) is 0 Å². The summed E-state index contributed by atoms with van der Waals surface area (Å²) in [6.07, 6.45) is 0.276. The van der Waals surface area contributed by atoms with Crippen molar-refractivity contribution in [1.82, 2.24) is 0 Å². The zero-order valence-corrected chi connectivity index (χ0v) is 17.3. The second kappa shape index (κ2) is 7.26. The van der Waals surface area contributed by atoms with Crippen molar-refractivity contribution in [2.75, 3.05) is 0 Å². The van der Waals surface area contributed by atoms with Crippen LogP contribution in [0.1, 0.15) is 66.0 Å². The number of carbonyl (C=O) groups is 1. The molecule has 0 aliphatic heterocycles. The van der Waals surface area contributed by atoms with Gasteiger partial charge in [0.25, 0.3) is 0 Å². The molecule has 2 aromatic rings. The summed E-state index contributed by atoms with van der Waals surface area (Å²) in [5, 5.41) is 21.3. The number of phenols is 2. The Balaban J connectivity index is 2.71. The Hall–Kier alpha value is -2.49. The molecule has 4 nitrogen and oxygen atoms in total. The van der Waals surface area contributed by atoms with Crippen LogP contribution < -0.4 is 4.74 Å². The highest BCUT2D eigenvalue weighted by Crippen LogP contribution is 2.43. The zero-order chi connectivity index (χ0) is 20.6. The molecule has 0 radical (unpaired) electrons. The molecule has 0 aromatic heterocycles. The molecule has 0 fully saturated rings. The van der Waals surface area contributed by atoms with Crippen LogP contribution in [0.4, 0.5) is 0 Å². The van der Waals surface area contributed by atoms with E-state index in [1.165, 1.54) is 6.07 Å². The number of aromatic hydroxyl groups is 2. The van der Waals surface area contributed by atoms with Gasteiger partial charge in [-0.15, -0.1) is 0 Å². The second-order valence-electron chi connectivity index (χ2n) is 8.93. The van der Waals surface area contributed by atoms with E-state index >= 15 is 0 Å². The van der Waals surface area contributed by atoms with Crippen molar-refractivity contribution in [3.8, 4) is 28.4 Å². The molecule has 0 spiro atoms. The van der Waals surface area contributed by atoms with Gasteiger partial charge in [0.1, 0.15) is 17.2 Å². The maximum atomic E-state index is 11.6. The fourth-order valence-electron chi connectivity index (χ4n) is 2.95. The van der Waals surface area contributed by atoms with Crippen LogP contribution in [0, 0.1) is 0 Å². The Morgan fingerprint density at radius 1 is 0.926 bits per heavy atom. The second-order valence-corrected chi connectivity index (χ2v) is 8.93. The van der Waals surface area contributed by atoms with E-state index in [2.05, 4.69) is 0 Å². The lowest BCUT2D eigenvalue weighted by Gasteiger charge is -2.28. The molecule has 0 atom stereocenters. The molecule has 2 N–H and O–H groups in total. The van der Waals surface area contributed by atoms with E-state index in [9.17, 15) is 15.0 Å². The minimum Gasteiger partial charge on any atom is -0.507 e. The van der Waals surface area contributed by atoms with Crippen molar-refractivity contribution in [3.05, 3.63) is 41.5 Å². The Morgan fingerprint density at radius 2 is 1.44 bits per heavy atom. The summed E-state index contributed by atoms with van der Waals surface area (Å²) >= 11 is 0. The molecule has 146 valence electrons. The summed E-state index contributed by atoms with van der Waals surface area (Å²) in [6, 6.07) is 8.54. The first kappa shape index (κ1) is 20.8. The number of rotatable bonds is 3. The molecular weight excluding hydrogens is 340 g/mol. The molecule has 0 saturated heterocycles. The van der Waals surface area contributed by atoms with Crippen molar-refractivity contribution < 1.29 is 19.7 Å². The number of ether oxygens (including phenoxy) is 1. The van der Waals surface area contributed by atoms with Crippen LogP contribution in [-0.2, 0) is 15.6 Å². The summed E-state index contributed by atoms with van der Waals surface area (Å²) in [4.78, 5) is 11.6. The maximum absolute atomic E-state index is 11.6. The highest BCUT2D eigenvalue weighted by atomic mass is 16.5. The molecule has 27 heavy (non-hydrogen) atoms. The van der Waals surface area contributed by atoms with Crippen LogP contribution in [0.15, 0.2) is 30.3 Å². The van der Waals surface area contributed by atoms with Crippen LogP contribution in [0.5, 0.6) is 17.2 Å². The molecule has 0 aliphatic rings. The van der Waals surface area contributed by atoms with Gasteiger partial charge in [-0.2, -0.15) is 0 Å². The van der Waals surface area contributed by atoms with E-state index in [1.807, 2.05) is 53.7 Å². The minimum atomic E-state index is -0.330. The first-order valence-corrected chi connectivity index (χ1v) is 9.26. The smallest absolute Gasteiger partial charge is 0.310 e. The number of phenolic OH excluding ortho intramolecular Hbond substituents is 2. The Bertz CT molecular complexity index is 817. The Kier molecular flexibility index (Phi) is 5.60. The molecule has 0 aliphatic carbocycles. The summed E-state index contributed by atoms with van der Waals surface area (Å²) in [6.45, 7) is 14.0. The molecule has 0 heterocycles. The predicted octanol–water partition coefficient (Wildman–Crippen LogP) is 5.68. The van der Waals surface area contributed by atoms with Gasteiger partial charge in [-0.1, -0.05) is 48.5 Å². The van der Waals surface area contributed by atoms with Crippen LogP contribution in [0.2, 0.25) is 0 Å². The van der Waals surface area contributed by atoms with Crippen molar-refractivity contribution in [1.29, 1.82) is 0 Å². The monoisotopic (exact) mass is 370 g/mol. The van der Waals surface area contributed by atoms with E-state index in [0.717, 1.165) is 16.7 Å². The topological polar surface area (TPSA) is 66.8 Å². The van der Waals surface area contributed by atoms with Crippen molar-refractivity contribution in [2.45, 2.75) is 65.7 Å². The number of carbonyl (C=O) groups excluding carboxylic acids is 1. The molecule has 2 aromatic carbocycles. The third-order valence-electron chi connectivity index (χ3n) is 4.53. The van der Waals surface area contributed by atoms with Gasteiger partial charge in [-0.3, -0.25) is 4.79 Å². The van der Waals surface area contributed by atoms with Crippen molar-refractivity contribution >= 4 is 5.97 Å². The lowest BCUT2D eigenvalue weighted by molar-refractivity contribution is -0.134. The largest absolute Gasteiger partial charge is 0.507 e. The van der Waals surface area contributed by atoms with Crippen LogP contribution in [-0.4, -0.2) is 16.2 Å². The zero-order valence-electron chi connectivity index (χ0n) is 17.3. The lowest BCUT2D eigenvalue weighted by atomic mass is 9.77. The molecule has 0 saturated carbocycles. The summed E-state index contributed by atoms with van der Waals surface area (Å²) in [5.41, 5.74) is 2.40. The summed E-state index contributed by atoms with van der Waals surface area (Å²) in [7, 11) is 0. The summed E-state index contributed by atoms with van der Waals surface area (Å²) < 4.78 is 5.30. The quantitative estimate of drug-likeness (QED) is 0.539. The molecule has 2 rings (SSSR count). The molecule has 0 unspecified atom stereocenters. The molecule has 0 amide bonds. The third-order valence-corrected chi connectivity index (χ3v) is 4.53. The lowest BCUT2D eigenvalue weighted by Crippen LogP contribution is -2.17. The standard InChI is InChI=1S/C23H30O4/c1-8-20(25)27-15-9-10-19(24)16(13-15)14-11-17(22(2,3)4)21(26)18(12-14)23(5,6)7/h9-13,24,26H,8H2,1-7H3. The van der Waals surface area contributed by atoms with Gasteiger partial charge in [-0.25, -0.2) is 0 Å². The van der Waals surface area contributed by atoms with Crippen LogP contribution in [0.25, 0.3) is 11.1 Å². The van der Waals surface area contributed by atoms with Gasteiger partial charge in [0, 0.05) is 23.1 Å². The van der Waals surface area contributed by atoms with Gasteiger partial charge in [0.2, 0.25) is 0 Å². The van der Waals surface area contributed by atoms with Crippen LogP contribution in [0.3, 0.4) is 0 Å². The number of esters is 1. The molecular formula is C23H30O4. The third kappa shape index (κ3) is 4.62. The van der Waals surface area contributed by atoms with Crippen LogP contribution >= 0.6 is 0 Å². The van der Waals surface area contributed by atoms with Gasteiger partial charge in [-0.05, 0) is 46.7 Å². The Morgan fingerprint density at radius 3 is 1.89 bits per heavy atom. The van der Waals surface area contributed by atoms with Crippen molar-refractivity contribution in [3.63, 3.8) is 0 Å². The Labute approximate surface area is 161 Å². The number of hydrogen-bond acceptors (Lipinski definition) is 4. The molecule has 4 heteroatoms. The average Bonchev–Trinajstić information content (AvgIpc) is 2.54.